The number of nitrogens with one attached hydrogen (secondary N) is 2. The van der Waals surface area contributed by atoms with E-state index in [1.807, 2.05) is 0 Å². The van der Waals surface area contributed by atoms with Gasteiger partial charge in [0, 0.05) is 43.6 Å². The molecule has 6 rings (SSSR count). The Morgan fingerprint density at radius 2 is 1.82 bits per heavy atom. The van der Waals surface area contributed by atoms with E-state index in [4.69, 9.17) is 0 Å². The van der Waals surface area contributed by atoms with Gasteiger partial charge in [-0.3, -0.25) is 23.7 Å². The van der Waals surface area contributed by atoms with E-state index < -0.39 is 11.7 Å². The summed E-state index contributed by atoms with van der Waals surface area (Å²) >= 11 is 0. The van der Waals surface area contributed by atoms with Gasteiger partial charge in [0.15, 0.2) is 0 Å². The quantitative estimate of drug-likeness (QED) is 0.569. The Hall–Kier alpha value is -1.92. The molecule has 2 saturated carbocycles. The third-order valence-electron chi connectivity index (χ3n) is 9.49. The van der Waals surface area contributed by atoms with Crippen LogP contribution in [0.25, 0.3) is 5.52 Å². The Balaban J connectivity index is 1.31. The number of pyridine rings is 1. The predicted molar refractivity (Wildman–Crippen MR) is 144 cm³/mol. The molecule has 3 unspecified atom stereocenters. The van der Waals surface area contributed by atoms with Crippen molar-refractivity contribution in [3.05, 3.63) is 40.1 Å². The lowest BCUT2D eigenvalue weighted by atomic mass is 9.84. The molecular formula is C28H42F3N7O. The number of hydrogen-bond donors (Lipinski definition) is 2. The molecule has 11 heteroatoms. The van der Waals surface area contributed by atoms with E-state index in [2.05, 4.69) is 39.5 Å². The van der Waals surface area contributed by atoms with E-state index in [-0.39, 0.29) is 29.6 Å². The van der Waals surface area contributed by atoms with Gasteiger partial charge in [-0.2, -0.15) is 13.2 Å². The molecule has 2 aliphatic carbocycles. The Bertz CT molecular complexity index is 1220. The van der Waals surface area contributed by atoms with Gasteiger partial charge in [-0.1, -0.05) is 13.3 Å². The first kappa shape index (κ1) is 27.3. The number of rotatable bonds is 6. The molecule has 2 saturated heterocycles. The van der Waals surface area contributed by atoms with Crippen molar-refractivity contribution in [1.29, 1.82) is 0 Å². The highest BCUT2D eigenvalue weighted by atomic mass is 19.4. The van der Waals surface area contributed by atoms with E-state index in [0.29, 0.717) is 24.1 Å². The molecule has 8 nitrogen and oxygen atoms in total. The molecule has 0 amide bonds. The second kappa shape index (κ2) is 10.8. The van der Waals surface area contributed by atoms with Gasteiger partial charge in [0.2, 0.25) is 0 Å². The summed E-state index contributed by atoms with van der Waals surface area (Å²) in [6, 6.07) is 1.90. The highest BCUT2D eigenvalue weighted by Crippen LogP contribution is 2.38. The summed E-state index contributed by atoms with van der Waals surface area (Å²) < 4.78 is 45.7. The van der Waals surface area contributed by atoms with E-state index in [1.165, 1.54) is 23.1 Å². The zero-order valence-corrected chi connectivity index (χ0v) is 23.1. The molecule has 4 heterocycles. The summed E-state index contributed by atoms with van der Waals surface area (Å²) in [4.78, 5) is 20.7. The summed E-state index contributed by atoms with van der Waals surface area (Å²) in [5, 5.41) is 0. The lowest BCUT2D eigenvalue weighted by molar-refractivity contribution is -0.136. The molecule has 2 aromatic heterocycles. The summed E-state index contributed by atoms with van der Waals surface area (Å²) in [6.07, 6.45) is 7.98. The Morgan fingerprint density at radius 1 is 1.05 bits per heavy atom. The van der Waals surface area contributed by atoms with Crippen molar-refractivity contribution in [2.45, 2.75) is 102 Å². The predicted octanol–water partition coefficient (Wildman–Crippen LogP) is 3.97. The largest absolute Gasteiger partial charge is 0.418 e. The Kier molecular flexibility index (Phi) is 7.56. The lowest BCUT2D eigenvalue weighted by Crippen LogP contribution is -2.60. The van der Waals surface area contributed by atoms with E-state index in [0.717, 1.165) is 71.1 Å². The minimum absolute atomic E-state index is 0.0392. The number of hydrazine groups is 1. The molecule has 0 radical (unpaired) electrons. The molecule has 0 spiro atoms. The van der Waals surface area contributed by atoms with Gasteiger partial charge in [0.05, 0.1) is 17.7 Å². The summed E-state index contributed by atoms with van der Waals surface area (Å²) in [6.45, 7) is 5.12. The minimum atomic E-state index is -4.53. The van der Waals surface area contributed by atoms with Crippen LogP contribution in [-0.4, -0.2) is 68.8 Å². The molecule has 216 valence electrons. The lowest BCUT2D eigenvalue weighted by Gasteiger charge is -2.49. The highest BCUT2D eigenvalue weighted by Gasteiger charge is 2.41. The number of alkyl halides is 3. The topological polar surface area (TPSA) is 60.2 Å². The van der Waals surface area contributed by atoms with Crippen LogP contribution in [0.1, 0.15) is 81.9 Å². The fraction of sp³-hybridized carbons (Fsp3) is 0.750. The van der Waals surface area contributed by atoms with Crippen molar-refractivity contribution < 1.29 is 13.2 Å². The van der Waals surface area contributed by atoms with Crippen molar-refractivity contribution in [1.82, 2.24) is 34.5 Å². The first-order valence-electron chi connectivity index (χ1n) is 14.7. The van der Waals surface area contributed by atoms with Crippen molar-refractivity contribution in [2.75, 3.05) is 26.8 Å². The van der Waals surface area contributed by atoms with Crippen LogP contribution < -0.4 is 16.5 Å². The maximum atomic E-state index is 14.3. The number of piperidine rings is 1. The number of likely N-dealkylation sites (tertiary alicyclic amines) is 1. The average molecular weight is 550 g/mol. The number of imidazole rings is 1. The van der Waals surface area contributed by atoms with Gasteiger partial charge >= 0.3 is 11.9 Å². The average Bonchev–Trinajstić information content (AvgIpc) is 3.43. The van der Waals surface area contributed by atoms with Gasteiger partial charge in [-0.05, 0) is 82.5 Å². The molecule has 0 bridgehead atoms. The number of aromatic nitrogens is 2. The number of hydrogen-bond acceptors (Lipinski definition) is 6. The summed E-state index contributed by atoms with van der Waals surface area (Å²) in [7, 11) is 2.09. The second-order valence-electron chi connectivity index (χ2n) is 12.4. The molecule has 4 fully saturated rings. The third kappa shape index (κ3) is 5.40. The molecule has 4 atom stereocenters. The second-order valence-corrected chi connectivity index (χ2v) is 12.4. The van der Waals surface area contributed by atoms with Crippen molar-refractivity contribution in [3.63, 3.8) is 0 Å². The van der Waals surface area contributed by atoms with Gasteiger partial charge in [-0.15, -0.1) is 0 Å². The molecule has 4 aliphatic rings. The van der Waals surface area contributed by atoms with Gasteiger partial charge in [-0.25, -0.2) is 15.6 Å². The van der Waals surface area contributed by atoms with Crippen LogP contribution in [0.3, 0.4) is 0 Å². The number of halogens is 3. The Morgan fingerprint density at radius 3 is 2.49 bits per heavy atom. The van der Waals surface area contributed by atoms with Crippen LogP contribution in [0.5, 0.6) is 0 Å². The fourth-order valence-corrected chi connectivity index (χ4v) is 7.33. The summed E-state index contributed by atoms with van der Waals surface area (Å²) in [5.41, 5.74) is 6.08. The standard InChI is InChI=1S/C28H42F3N7O/c1-19-6-5-11-35(14-19)15-20-12-24(28(29,30)31)25-17-36(27(39)37(25)16-20)22-9-4-10-23(13-22)38(21-7-3-8-21)26-33-32-18-34(26)2/h12,16-17,19,21-23,26,32-33H,3-11,13-15,18H2,1-2H3/t19-,22?,23?,26?/m0/s1. The van der Waals surface area contributed by atoms with Crippen LogP contribution in [0.4, 0.5) is 13.2 Å². The van der Waals surface area contributed by atoms with Crippen molar-refractivity contribution in [3.8, 4) is 0 Å². The van der Waals surface area contributed by atoms with Gasteiger partial charge in [0.25, 0.3) is 0 Å². The first-order chi connectivity index (χ1) is 18.7. The molecule has 2 aromatic rings. The van der Waals surface area contributed by atoms with Crippen LogP contribution in [0.15, 0.2) is 23.3 Å². The van der Waals surface area contributed by atoms with Crippen LogP contribution in [0, 0.1) is 5.92 Å². The molecule has 39 heavy (non-hydrogen) atoms. The van der Waals surface area contributed by atoms with Crippen molar-refractivity contribution in [2.24, 2.45) is 5.92 Å². The number of fused-ring (bicyclic) bond motifs is 1. The van der Waals surface area contributed by atoms with Crippen LogP contribution >= 0.6 is 0 Å². The third-order valence-corrected chi connectivity index (χ3v) is 9.49. The van der Waals surface area contributed by atoms with Crippen LogP contribution in [-0.2, 0) is 12.7 Å². The number of nitrogens with zero attached hydrogens (tertiary/aromatic N) is 5. The SMILES string of the molecule is C[C@H]1CCCN(Cc2cc(C(F)(F)F)c3cn(C4CCCC(N(C5CCC5)C5NNCN5C)C4)c(=O)n3c2)C1. The van der Waals surface area contributed by atoms with Crippen LogP contribution in [0.2, 0.25) is 0 Å². The maximum absolute atomic E-state index is 14.3. The highest BCUT2D eigenvalue weighted by molar-refractivity contribution is 5.56. The molecule has 2 N–H and O–H groups in total. The van der Waals surface area contributed by atoms with E-state index in [9.17, 15) is 18.0 Å². The monoisotopic (exact) mass is 549 g/mol. The van der Waals surface area contributed by atoms with Gasteiger partial charge in [0.1, 0.15) is 6.29 Å². The zero-order chi connectivity index (χ0) is 27.3. The molecular weight excluding hydrogens is 507 g/mol. The molecule has 2 aliphatic heterocycles. The van der Waals surface area contributed by atoms with Gasteiger partial charge < -0.3 is 0 Å². The minimum Gasteiger partial charge on any atom is -0.299 e. The van der Waals surface area contributed by atoms with Crippen molar-refractivity contribution >= 4 is 5.52 Å². The molecule has 0 aromatic carbocycles. The smallest absolute Gasteiger partial charge is 0.299 e. The first-order valence-corrected chi connectivity index (χ1v) is 14.7. The summed E-state index contributed by atoms with van der Waals surface area (Å²) in [5.74, 6) is 0.530. The maximum Gasteiger partial charge on any atom is 0.418 e. The Labute approximate surface area is 228 Å². The van der Waals surface area contributed by atoms with E-state index in [1.54, 1.807) is 10.8 Å². The fourth-order valence-electron chi connectivity index (χ4n) is 7.33. The zero-order valence-electron chi connectivity index (χ0n) is 23.1. The van der Waals surface area contributed by atoms with E-state index >= 15 is 0 Å². The normalized spacial score (nSPS) is 29.9.